The summed E-state index contributed by atoms with van der Waals surface area (Å²) in [5.41, 5.74) is -0.0457. The summed E-state index contributed by atoms with van der Waals surface area (Å²) in [5, 5.41) is 2.96. The van der Waals surface area contributed by atoms with Crippen LogP contribution in [0, 0.1) is 6.92 Å². The predicted molar refractivity (Wildman–Crippen MR) is 121 cm³/mol. The molecule has 0 radical (unpaired) electrons. The smallest absolute Gasteiger partial charge is 0.258 e. The number of nitrogens with one attached hydrogen (secondary N) is 1. The lowest BCUT2D eigenvalue weighted by molar-refractivity contribution is -0.123. The Morgan fingerprint density at radius 3 is 2.48 bits per heavy atom. The van der Waals surface area contributed by atoms with Gasteiger partial charge in [0.2, 0.25) is 11.2 Å². The number of methoxy groups -OCH3 is 1. The van der Waals surface area contributed by atoms with Crippen molar-refractivity contribution in [1.82, 2.24) is 5.32 Å². The summed E-state index contributed by atoms with van der Waals surface area (Å²) in [6.45, 7) is 1.33. The molecule has 0 spiro atoms. The van der Waals surface area contributed by atoms with Crippen LogP contribution < -0.4 is 25.0 Å². The standard InChI is InChI=1S/C23H23NO8S/c1-14-23(32-17-5-3-16(29-2)4-6-17)22(26)19-8-7-18(11-20(19)31-14)30-12-21(25)24-15-9-10-33(27,28)13-15/h3-8,11,15H,9-10,12-13H2,1-2H3,(H,24,25)/t15-/m0/s1. The molecule has 174 valence electrons. The maximum atomic E-state index is 12.9. The van der Waals surface area contributed by atoms with Gasteiger partial charge in [0.1, 0.15) is 28.6 Å². The van der Waals surface area contributed by atoms with E-state index >= 15 is 0 Å². The number of hydrogen-bond acceptors (Lipinski definition) is 8. The van der Waals surface area contributed by atoms with E-state index in [0.717, 1.165) is 0 Å². The van der Waals surface area contributed by atoms with Gasteiger partial charge in [-0.25, -0.2) is 8.42 Å². The quantitative estimate of drug-likeness (QED) is 0.556. The molecule has 1 aliphatic heterocycles. The van der Waals surface area contributed by atoms with Gasteiger partial charge in [0.05, 0.1) is 24.0 Å². The zero-order chi connectivity index (χ0) is 23.6. The summed E-state index contributed by atoms with van der Waals surface area (Å²) in [4.78, 5) is 25.0. The van der Waals surface area contributed by atoms with Crippen molar-refractivity contribution in [2.75, 3.05) is 25.2 Å². The van der Waals surface area contributed by atoms with Crippen LogP contribution in [0.25, 0.3) is 11.0 Å². The minimum Gasteiger partial charge on any atom is -0.497 e. The topological polar surface area (TPSA) is 121 Å². The summed E-state index contributed by atoms with van der Waals surface area (Å²) >= 11 is 0. The number of fused-ring (bicyclic) bond motifs is 1. The van der Waals surface area contributed by atoms with E-state index in [1.807, 2.05) is 0 Å². The van der Waals surface area contributed by atoms with Gasteiger partial charge in [-0.1, -0.05) is 0 Å². The Labute approximate surface area is 190 Å². The van der Waals surface area contributed by atoms with Crippen molar-refractivity contribution in [3.05, 3.63) is 58.4 Å². The molecule has 0 aliphatic carbocycles. The van der Waals surface area contributed by atoms with E-state index in [1.54, 1.807) is 44.4 Å². The van der Waals surface area contributed by atoms with Crippen LogP contribution in [0.15, 0.2) is 51.7 Å². The number of aryl methyl sites for hydroxylation is 1. The lowest BCUT2D eigenvalue weighted by Gasteiger charge is -2.12. The number of hydrogen-bond donors (Lipinski definition) is 1. The number of rotatable bonds is 7. The van der Waals surface area contributed by atoms with E-state index < -0.39 is 21.8 Å². The van der Waals surface area contributed by atoms with Gasteiger partial charge in [-0.15, -0.1) is 0 Å². The van der Waals surface area contributed by atoms with Crippen molar-refractivity contribution in [3.63, 3.8) is 0 Å². The molecule has 1 atom stereocenters. The van der Waals surface area contributed by atoms with Crippen molar-refractivity contribution in [1.29, 1.82) is 0 Å². The summed E-state index contributed by atoms with van der Waals surface area (Å²) in [7, 11) is -1.52. The van der Waals surface area contributed by atoms with Gasteiger partial charge in [-0.05, 0) is 49.7 Å². The van der Waals surface area contributed by atoms with Crippen LogP contribution in [-0.4, -0.2) is 45.6 Å². The molecule has 1 saturated heterocycles. The van der Waals surface area contributed by atoms with Gasteiger partial charge < -0.3 is 23.9 Å². The van der Waals surface area contributed by atoms with E-state index in [1.165, 1.54) is 12.1 Å². The van der Waals surface area contributed by atoms with Crippen molar-refractivity contribution in [2.24, 2.45) is 0 Å². The fourth-order valence-corrected chi connectivity index (χ4v) is 5.24. The molecule has 1 amide bonds. The molecule has 9 nitrogen and oxygen atoms in total. The molecule has 1 aromatic heterocycles. The van der Waals surface area contributed by atoms with Crippen LogP contribution in [0.3, 0.4) is 0 Å². The highest BCUT2D eigenvalue weighted by Gasteiger charge is 2.28. The maximum Gasteiger partial charge on any atom is 0.258 e. The fourth-order valence-electron chi connectivity index (χ4n) is 3.56. The molecule has 2 heterocycles. The van der Waals surface area contributed by atoms with E-state index in [-0.39, 0.29) is 29.3 Å². The average molecular weight is 474 g/mol. The maximum absolute atomic E-state index is 12.9. The summed E-state index contributed by atoms with van der Waals surface area (Å²) in [5.74, 6) is 1.44. The second-order valence-electron chi connectivity index (χ2n) is 7.71. The van der Waals surface area contributed by atoms with Crippen molar-refractivity contribution in [3.8, 4) is 23.0 Å². The molecule has 1 fully saturated rings. The summed E-state index contributed by atoms with van der Waals surface area (Å²) in [6.07, 6.45) is 0.398. The number of amides is 1. The first kappa shape index (κ1) is 22.7. The molecule has 0 saturated carbocycles. The highest BCUT2D eigenvalue weighted by Crippen LogP contribution is 2.28. The van der Waals surface area contributed by atoms with Gasteiger partial charge in [-0.2, -0.15) is 0 Å². The highest BCUT2D eigenvalue weighted by atomic mass is 32.2. The average Bonchev–Trinajstić information content (AvgIpc) is 3.13. The Hall–Kier alpha value is -3.53. The first-order valence-electron chi connectivity index (χ1n) is 10.3. The molecular weight excluding hydrogens is 450 g/mol. The third kappa shape index (κ3) is 5.28. The number of benzene rings is 2. The molecule has 33 heavy (non-hydrogen) atoms. The first-order chi connectivity index (χ1) is 15.7. The molecule has 1 N–H and O–H groups in total. The van der Waals surface area contributed by atoms with Crippen LogP contribution in [0.2, 0.25) is 0 Å². The van der Waals surface area contributed by atoms with E-state index in [4.69, 9.17) is 18.6 Å². The van der Waals surface area contributed by atoms with Gasteiger partial charge in [0, 0.05) is 12.1 Å². The van der Waals surface area contributed by atoms with Crippen LogP contribution >= 0.6 is 0 Å². The van der Waals surface area contributed by atoms with E-state index in [0.29, 0.717) is 40.4 Å². The molecular formula is C23H23NO8S. The molecule has 3 aromatic rings. The summed E-state index contributed by atoms with van der Waals surface area (Å²) in [6, 6.07) is 11.0. The summed E-state index contributed by atoms with van der Waals surface area (Å²) < 4.78 is 45.1. The minimum absolute atomic E-state index is 0.0555. The molecule has 0 bridgehead atoms. The number of ether oxygens (including phenoxy) is 3. The Bertz CT molecular complexity index is 1350. The molecule has 10 heteroatoms. The molecule has 0 unspecified atom stereocenters. The Morgan fingerprint density at radius 2 is 1.82 bits per heavy atom. The van der Waals surface area contributed by atoms with Crippen molar-refractivity contribution in [2.45, 2.75) is 19.4 Å². The molecule has 1 aliphatic rings. The van der Waals surface area contributed by atoms with Gasteiger partial charge >= 0.3 is 0 Å². The number of carbonyl (C=O) groups excluding carboxylic acids is 1. The Morgan fingerprint density at radius 1 is 1.12 bits per heavy atom. The van der Waals surface area contributed by atoms with Crippen LogP contribution in [0.1, 0.15) is 12.2 Å². The Balaban J connectivity index is 1.46. The van der Waals surface area contributed by atoms with E-state index in [9.17, 15) is 18.0 Å². The molecule has 2 aromatic carbocycles. The Kier molecular flexibility index (Phi) is 6.28. The molecule has 4 rings (SSSR count). The van der Waals surface area contributed by atoms with Gasteiger partial charge in [0.25, 0.3) is 5.91 Å². The monoisotopic (exact) mass is 473 g/mol. The van der Waals surface area contributed by atoms with Crippen LogP contribution in [0.5, 0.6) is 23.0 Å². The second kappa shape index (κ2) is 9.14. The highest BCUT2D eigenvalue weighted by molar-refractivity contribution is 7.91. The second-order valence-corrected chi connectivity index (χ2v) is 9.94. The van der Waals surface area contributed by atoms with Crippen molar-refractivity contribution >= 4 is 26.7 Å². The SMILES string of the molecule is COc1ccc(Oc2c(C)oc3cc(OCC(=O)N[C@H]4CCS(=O)(=O)C4)ccc3c2=O)cc1. The van der Waals surface area contributed by atoms with Crippen LogP contribution in [0.4, 0.5) is 0 Å². The van der Waals surface area contributed by atoms with Crippen LogP contribution in [-0.2, 0) is 14.6 Å². The zero-order valence-corrected chi connectivity index (χ0v) is 18.9. The van der Waals surface area contributed by atoms with Crippen molar-refractivity contribution < 1.29 is 31.8 Å². The minimum atomic E-state index is -3.08. The first-order valence-corrected chi connectivity index (χ1v) is 12.1. The van der Waals surface area contributed by atoms with Gasteiger partial charge in [0.15, 0.2) is 16.4 Å². The third-order valence-electron chi connectivity index (χ3n) is 5.23. The lowest BCUT2D eigenvalue weighted by Crippen LogP contribution is -2.38. The third-order valence-corrected chi connectivity index (χ3v) is 7.00. The fraction of sp³-hybridized carbons (Fsp3) is 0.304. The number of carbonyl (C=O) groups is 1. The van der Waals surface area contributed by atoms with Gasteiger partial charge in [-0.3, -0.25) is 9.59 Å². The number of sulfone groups is 1. The lowest BCUT2D eigenvalue weighted by atomic mass is 10.2. The zero-order valence-electron chi connectivity index (χ0n) is 18.1. The predicted octanol–water partition coefficient (Wildman–Crippen LogP) is 2.58. The van der Waals surface area contributed by atoms with E-state index in [2.05, 4.69) is 5.32 Å². The largest absolute Gasteiger partial charge is 0.497 e. The normalized spacial score (nSPS) is 17.0.